The van der Waals surface area contributed by atoms with E-state index in [-0.39, 0.29) is 5.56 Å². The molecule has 0 saturated carbocycles. The van der Waals surface area contributed by atoms with Gasteiger partial charge in [0.05, 0.1) is 18.8 Å². The zero-order valence-corrected chi connectivity index (χ0v) is 13.7. The third-order valence-corrected chi connectivity index (χ3v) is 4.25. The normalized spacial score (nSPS) is 28.2. The number of nitrogens with zero attached hydrogens (tertiary/aromatic N) is 1. The Kier molecular flexibility index (Phi) is 5.70. The van der Waals surface area contributed by atoms with E-state index in [9.17, 15) is 24.4 Å². The maximum absolute atomic E-state index is 11.8. The quantitative estimate of drug-likeness (QED) is 0.479. The van der Waals surface area contributed by atoms with Crippen LogP contribution in [0.5, 0.6) is 0 Å². The summed E-state index contributed by atoms with van der Waals surface area (Å²) in [6.07, 6.45) is -8.44. The molecule has 1 saturated heterocycles. The second kappa shape index (κ2) is 7.04. The molecule has 10 nitrogen and oxygen atoms in total. The molecule has 1 aliphatic heterocycles. The number of hydrogen-bond donors (Lipinski definition) is 4. The molecule has 1 aromatic rings. The van der Waals surface area contributed by atoms with E-state index in [0.29, 0.717) is 0 Å². The number of halogens is 2. The van der Waals surface area contributed by atoms with Gasteiger partial charge in [0.25, 0.3) is 5.56 Å². The van der Waals surface area contributed by atoms with E-state index in [1.54, 1.807) is 0 Å². The number of hydrogen-bond acceptors (Lipinski definition) is 8. The third-order valence-electron chi connectivity index (χ3n) is 3.21. The van der Waals surface area contributed by atoms with Gasteiger partial charge in [0.1, 0.15) is 18.3 Å². The summed E-state index contributed by atoms with van der Waals surface area (Å²) in [5.41, 5.74) is -1.84. The lowest BCUT2D eigenvalue weighted by molar-refractivity contribution is -0.0509. The maximum atomic E-state index is 11.8. The predicted octanol–water partition coefficient (Wildman–Crippen LogP) is -0.750. The van der Waals surface area contributed by atoms with E-state index in [4.69, 9.17) is 32.3 Å². The maximum Gasteiger partial charge on any atom is 0.380 e. The Bertz CT molecular complexity index is 730. The summed E-state index contributed by atoms with van der Waals surface area (Å²) in [6, 6.07) is 0. The number of aromatic amines is 1. The molecule has 1 aliphatic rings. The Balaban J connectivity index is 2.26. The van der Waals surface area contributed by atoms with E-state index < -0.39 is 55.1 Å². The molecule has 0 spiro atoms. The van der Waals surface area contributed by atoms with Crippen molar-refractivity contribution in [2.45, 2.75) is 31.1 Å². The molecular weight excluding hydrogens is 378 g/mol. The Labute approximate surface area is 138 Å². The van der Waals surface area contributed by atoms with Gasteiger partial charge in [-0.15, -0.1) is 0 Å². The topological polar surface area (TPSA) is 151 Å². The Morgan fingerprint density at radius 3 is 2.57 bits per heavy atom. The number of H-pyrrole nitrogens is 1. The van der Waals surface area contributed by atoms with Crippen LogP contribution in [0.2, 0.25) is 0 Å². The lowest BCUT2D eigenvalue weighted by Gasteiger charge is -2.17. The number of rotatable bonds is 5. The van der Waals surface area contributed by atoms with Crippen molar-refractivity contribution in [1.29, 1.82) is 0 Å². The summed E-state index contributed by atoms with van der Waals surface area (Å²) in [6.45, 7) is -1.14. The number of aliphatic hydroxyl groups excluding tert-OH is 3. The highest BCUT2D eigenvalue weighted by molar-refractivity contribution is 8.05. The fourth-order valence-corrected chi connectivity index (χ4v) is 2.74. The molecule has 130 valence electrons. The molecule has 0 amide bonds. The minimum Gasteiger partial charge on any atom is -0.391 e. The fourth-order valence-electron chi connectivity index (χ4n) is 2.09. The van der Waals surface area contributed by atoms with E-state index in [1.807, 2.05) is 4.98 Å². The van der Waals surface area contributed by atoms with E-state index in [0.717, 1.165) is 10.8 Å². The zero-order valence-electron chi connectivity index (χ0n) is 11.3. The van der Waals surface area contributed by atoms with Crippen LogP contribution in [0.3, 0.4) is 0 Å². The van der Waals surface area contributed by atoms with Crippen molar-refractivity contribution in [3.8, 4) is 0 Å². The fraction of sp³-hybridized carbons (Fsp3) is 0.600. The Morgan fingerprint density at radius 1 is 1.35 bits per heavy atom. The predicted molar refractivity (Wildman–Crippen MR) is 78.4 cm³/mol. The summed E-state index contributed by atoms with van der Waals surface area (Å²) in [4.78, 5) is 25.1. The lowest BCUT2D eigenvalue weighted by atomic mass is 10.1. The van der Waals surface area contributed by atoms with Gasteiger partial charge >= 0.3 is 11.8 Å². The van der Waals surface area contributed by atoms with Crippen molar-refractivity contribution in [3.63, 3.8) is 0 Å². The third kappa shape index (κ3) is 4.23. The van der Waals surface area contributed by atoms with Gasteiger partial charge in [-0.05, 0) is 22.5 Å². The van der Waals surface area contributed by atoms with Crippen molar-refractivity contribution >= 4 is 28.6 Å². The molecule has 1 aromatic heterocycles. The molecule has 0 bridgehead atoms. The number of ether oxygens (including phenoxy) is 1. The molecule has 4 N–H and O–H groups in total. The van der Waals surface area contributed by atoms with E-state index in [1.165, 1.54) is 0 Å². The second-order valence-corrected chi connectivity index (χ2v) is 9.01. The first kappa shape index (κ1) is 18.6. The van der Waals surface area contributed by atoms with Crippen LogP contribution in [0.15, 0.2) is 15.8 Å². The highest BCUT2D eigenvalue weighted by Crippen LogP contribution is 2.57. The molecule has 2 heterocycles. The van der Waals surface area contributed by atoms with E-state index >= 15 is 0 Å². The Hall–Kier alpha value is -0.710. The summed E-state index contributed by atoms with van der Waals surface area (Å²) in [7, 11) is 0. The SMILES string of the molecule is O=c1[nH]c(=O)n([C@@H]2O[C@H](COP(=O)(Cl)Cl)[C@H](O)C2O)cc1CO. The summed E-state index contributed by atoms with van der Waals surface area (Å²) in [5, 5.41) is 28.9. The number of aromatic nitrogens is 2. The van der Waals surface area contributed by atoms with Gasteiger partial charge in [0.2, 0.25) is 0 Å². The molecule has 1 unspecified atom stereocenters. The van der Waals surface area contributed by atoms with Gasteiger partial charge in [-0.25, -0.2) is 4.79 Å². The summed E-state index contributed by atoms with van der Waals surface area (Å²) >= 11 is 10.4. The second-order valence-electron chi connectivity index (χ2n) is 4.74. The first-order valence-corrected chi connectivity index (χ1v) is 9.68. The van der Waals surface area contributed by atoms with Gasteiger partial charge in [-0.1, -0.05) is 0 Å². The monoisotopic (exact) mass is 390 g/mol. The van der Waals surface area contributed by atoms with Crippen LogP contribution in [0, 0.1) is 0 Å². The highest BCUT2D eigenvalue weighted by Gasteiger charge is 2.45. The van der Waals surface area contributed by atoms with Gasteiger partial charge < -0.3 is 24.6 Å². The smallest absolute Gasteiger partial charge is 0.380 e. The van der Waals surface area contributed by atoms with Crippen LogP contribution in [0.25, 0.3) is 0 Å². The van der Waals surface area contributed by atoms with Crippen molar-refractivity contribution in [3.05, 3.63) is 32.6 Å². The summed E-state index contributed by atoms with van der Waals surface area (Å²) < 4.78 is 21.8. The largest absolute Gasteiger partial charge is 0.391 e. The van der Waals surface area contributed by atoms with Crippen molar-refractivity contribution in [1.82, 2.24) is 9.55 Å². The van der Waals surface area contributed by atoms with Gasteiger partial charge in [-0.2, -0.15) is 0 Å². The van der Waals surface area contributed by atoms with Crippen LogP contribution in [-0.2, 0) is 20.4 Å². The summed E-state index contributed by atoms with van der Waals surface area (Å²) in [5.74, 6) is 0. The molecule has 4 atom stereocenters. The van der Waals surface area contributed by atoms with Gasteiger partial charge in [0.15, 0.2) is 6.23 Å². The standard InChI is InChI=1S/C10H13Cl2N2O8P/c11-23(12,20)21-3-5-6(16)7(17)9(22-5)14-1-4(2-15)8(18)13-10(14)19/h1,5-7,9,15-17H,2-3H2,(H,13,18,19)/t5-,6+,7?,9-/m1/s1. The van der Waals surface area contributed by atoms with Crippen LogP contribution in [0.1, 0.15) is 11.8 Å². The van der Waals surface area contributed by atoms with Crippen LogP contribution in [-0.4, -0.2) is 49.8 Å². The molecule has 1 fully saturated rings. The Morgan fingerprint density at radius 2 is 2.00 bits per heavy atom. The molecule has 2 rings (SSSR count). The molecule has 13 heteroatoms. The van der Waals surface area contributed by atoms with Gasteiger partial charge in [0, 0.05) is 6.20 Å². The minimum atomic E-state index is -3.86. The van der Waals surface area contributed by atoms with E-state index in [2.05, 4.69) is 4.52 Å². The zero-order chi connectivity index (χ0) is 17.4. The molecule has 0 radical (unpaired) electrons. The highest BCUT2D eigenvalue weighted by atomic mass is 35.9. The average molecular weight is 391 g/mol. The average Bonchev–Trinajstić information content (AvgIpc) is 2.73. The molecule has 23 heavy (non-hydrogen) atoms. The molecular formula is C10H13Cl2N2O8P. The number of aliphatic hydroxyl groups is 3. The minimum absolute atomic E-state index is 0.138. The molecule has 0 aliphatic carbocycles. The van der Waals surface area contributed by atoms with Crippen LogP contribution < -0.4 is 11.2 Å². The lowest BCUT2D eigenvalue weighted by Crippen LogP contribution is -2.38. The first-order valence-electron chi connectivity index (χ1n) is 6.24. The number of nitrogens with one attached hydrogen (secondary N) is 1. The van der Waals surface area contributed by atoms with Crippen molar-refractivity contribution < 1.29 is 29.1 Å². The van der Waals surface area contributed by atoms with Gasteiger partial charge in [-0.3, -0.25) is 18.9 Å². The van der Waals surface area contributed by atoms with Crippen molar-refractivity contribution in [2.24, 2.45) is 0 Å². The van der Waals surface area contributed by atoms with Crippen LogP contribution >= 0.6 is 28.6 Å². The molecule has 0 aromatic carbocycles. The van der Waals surface area contributed by atoms with Crippen LogP contribution in [0.4, 0.5) is 0 Å². The van der Waals surface area contributed by atoms with Crippen molar-refractivity contribution in [2.75, 3.05) is 6.61 Å². The first-order chi connectivity index (χ1) is 10.6.